The second-order valence-corrected chi connectivity index (χ2v) is 3.98. The number of hydrogen-bond acceptors (Lipinski definition) is 7. The lowest BCUT2D eigenvalue weighted by molar-refractivity contribution is 0.0600. The lowest BCUT2D eigenvalue weighted by Gasteiger charge is -2.08. The molecule has 0 fully saturated rings. The number of aromatic nitrogens is 3. The second-order valence-electron chi connectivity index (χ2n) is 3.98. The minimum absolute atomic E-state index is 0.362. The molecular formula is C16H23N5O4. The van der Waals surface area contributed by atoms with Crippen LogP contribution in [0.3, 0.4) is 0 Å². The fourth-order valence-corrected chi connectivity index (χ4v) is 1.76. The Labute approximate surface area is 146 Å². The Bertz CT molecular complexity index is 684. The van der Waals surface area contributed by atoms with Gasteiger partial charge in [0.1, 0.15) is 11.4 Å². The summed E-state index contributed by atoms with van der Waals surface area (Å²) in [5.41, 5.74) is 1.37. The number of imidazole rings is 1. The SMILES string of the molecule is C=CNC(=NC)c1cc(C(=O)OC)cc(-c2ncc[nH]2)n1.CO.CO. The number of aliphatic imine (C=N–C) groups is 1. The molecule has 2 rings (SSSR count). The molecule has 9 nitrogen and oxygen atoms in total. The molecule has 0 saturated carbocycles. The molecule has 0 saturated heterocycles. The Morgan fingerprint density at radius 2 is 2.04 bits per heavy atom. The van der Waals surface area contributed by atoms with Gasteiger partial charge in [0, 0.05) is 33.7 Å². The molecule has 136 valence electrons. The molecule has 0 radical (unpaired) electrons. The van der Waals surface area contributed by atoms with Gasteiger partial charge in [0.2, 0.25) is 0 Å². The normalized spacial score (nSPS) is 9.76. The van der Waals surface area contributed by atoms with Gasteiger partial charge in [0.25, 0.3) is 0 Å². The Morgan fingerprint density at radius 3 is 2.52 bits per heavy atom. The summed E-state index contributed by atoms with van der Waals surface area (Å²) < 4.78 is 4.76. The smallest absolute Gasteiger partial charge is 0.338 e. The predicted octanol–water partition coefficient (Wildman–Crippen LogP) is 0.585. The van der Waals surface area contributed by atoms with Crippen molar-refractivity contribution >= 4 is 11.8 Å². The van der Waals surface area contributed by atoms with E-state index in [1.54, 1.807) is 31.6 Å². The van der Waals surface area contributed by atoms with Crippen molar-refractivity contribution < 1.29 is 19.7 Å². The molecule has 0 bridgehead atoms. The van der Waals surface area contributed by atoms with Gasteiger partial charge < -0.3 is 25.3 Å². The number of hydrogen-bond donors (Lipinski definition) is 4. The number of methoxy groups -OCH3 is 1. The number of aromatic amines is 1. The number of carbonyl (C=O) groups excluding carboxylic acids is 1. The van der Waals surface area contributed by atoms with Crippen molar-refractivity contribution in [1.82, 2.24) is 20.3 Å². The first-order chi connectivity index (χ1) is 12.2. The molecule has 0 amide bonds. The van der Waals surface area contributed by atoms with E-state index < -0.39 is 5.97 Å². The van der Waals surface area contributed by atoms with Crippen LogP contribution in [0.25, 0.3) is 11.5 Å². The molecule has 2 aromatic rings. The maximum atomic E-state index is 11.8. The summed E-state index contributed by atoms with van der Waals surface area (Å²) in [6.07, 6.45) is 4.78. The number of amidine groups is 1. The van der Waals surface area contributed by atoms with E-state index in [4.69, 9.17) is 14.9 Å². The van der Waals surface area contributed by atoms with Gasteiger partial charge in [-0.2, -0.15) is 0 Å². The zero-order chi connectivity index (χ0) is 19.2. The van der Waals surface area contributed by atoms with Gasteiger partial charge in [-0.1, -0.05) is 6.58 Å². The van der Waals surface area contributed by atoms with E-state index in [1.165, 1.54) is 13.3 Å². The Kier molecular flexibility index (Phi) is 10.9. The zero-order valence-corrected chi connectivity index (χ0v) is 14.6. The molecule has 4 N–H and O–H groups in total. The first kappa shape index (κ1) is 22.0. The highest BCUT2D eigenvalue weighted by Gasteiger charge is 2.15. The molecule has 2 heterocycles. The molecule has 0 aliphatic heterocycles. The Morgan fingerprint density at radius 1 is 1.36 bits per heavy atom. The van der Waals surface area contributed by atoms with E-state index in [9.17, 15) is 4.79 Å². The summed E-state index contributed by atoms with van der Waals surface area (Å²) in [6, 6.07) is 3.20. The molecule has 9 heteroatoms. The van der Waals surface area contributed by atoms with Crippen molar-refractivity contribution in [1.29, 1.82) is 0 Å². The van der Waals surface area contributed by atoms with Crippen LogP contribution >= 0.6 is 0 Å². The number of H-pyrrole nitrogens is 1. The quantitative estimate of drug-likeness (QED) is 0.360. The Hall–Kier alpha value is -3.04. The number of nitrogens with zero attached hydrogens (tertiary/aromatic N) is 3. The van der Waals surface area contributed by atoms with Gasteiger partial charge >= 0.3 is 5.97 Å². The summed E-state index contributed by atoms with van der Waals surface area (Å²) in [7, 11) is 4.94. The van der Waals surface area contributed by atoms with Crippen molar-refractivity contribution in [2.24, 2.45) is 4.99 Å². The molecule has 2 aromatic heterocycles. The average Bonchev–Trinajstić information content (AvgIpc) is 3.23. The molecule has 0 atom stereocenters. The van der Waals surface area contributed by atoms with Crippen molar-refractivity contribution in [3.8, 4) is 11.5 Å². The summed E-state index contributed by atoms with van der Waals surface area (Å²) in [5, 5.41) is 16.9. The van der Waals surface area contributed by atoms with Gasteiger partial charge in [-0.05, 0) is 18.3 Å². The number of aliphatic hydroxyl groups is 2. The van der Waals surface area contributed by atoms with Gasteiger partial charge in [0.15, 0.2) is 11.7 Å². The first-order valence-electron chi connectivity index (χ1n) is 7.03. The minimum Gasteiger partial charge on any atom is -0.465 e. The molecular weight excluding hydrogens is 326 g/mol. The fourth-order valence-electron chi connectivity index (χ4n) is 1.76. The van der Waals surface area contributed by atoms with Crippen LogP contribution in [0.15, 0.2) is 42.3 Å². The maximum absolute atomic E-state index is 11.8. The highest BCUT2D eigenvalue weighted by Crippen LogP contribution is 2.16. The van der Waals surface area contributed by atoms with Gasteiger partial charge in [-0.3, -0.25) is 4.99 Å². The largest absolute Gasteiger partial charge is 0.465 e. The molecule has 0 aromatic carbocycles. The van der Waals surface area contributed by atoms with E-state index in [-0.39, 0.29) is 0 Å². The third kappa shape index (κ3) is 6.16. The van der Waals surface area contributed by atoms with E-state index in [0.717, 1.165) is 14.2 Å². The van der Waals surface area contributed by atoms with Crippen LogP contribution in [-0.2, 0) is 4.74 Å². The van der Waals surface area contributed by atoms with Crippen LogP contribution in [0, 0.1) is 0 Å². The fraction of sp³-hybridized carbons (Fsp3) is 0.250. The van der Waals surface area contributed by atoms with Crippen molar-refractivity contribution in [2.75, 3.05) is 28.4 Å². The summed E-state index contributed by atoms with van der Waals surface area (Å²) in [4.78, 5) is 27.4. The number of aliphatic hydroxyl groups excluding tert-OH is 2. The third-order valence-corrected chi connectivity index (χ3v) is 2.69. The lowest BCUT2D eigenvalue weighted by Crippen LogP contribution is -2.20. The van der Waals surface area contributed by atoms with Crippen LogP contribution in [0.2, 0.25) is 0 Å². The highest BCUT2D eigenvalue weighted by molar-refractivity contribution is 6.00. The number of esters is 1. The van der Waals surface area contributed by atoms with Crippen LogP contribution in [0.1, 0.15) is 16.1 Å². The number of rotatable bonds is 4. The van der Waals surface area contributed by atoms with E-state index in [2.05, 4.69) is 31.8 Å². The van der Waals surface area contributed by atoms with Crippen LogP contribution < -0.4 is 5.32 Å². The van der Waals surface area contributed by atoms with Gasteiger partial charge in [0.05, 0.1) is 12.7 Å². The first-order valence-corrected chi connectivity index (χ1v) is 7.03. The van der Waals surface area contributed by atoms with E-state index >= 15 is 0 Å². The van der Waals surface area contributed by atoms with E-state index in [0.29, 0.717) is 28.6 Å². The van der Waals surface area contributed by atoms with E-state index in [1.807, 2.05) is 0 Å². The maximum Gasteiger partial charge on any atom is 0.338 e. The summed E-state index contributed by atoms with van der Waals surface area (Å²) in [5.74, 6) is 0.583. The molecule has 0 spiro atoms. The third-order valence-electron chi connectivity index (χ3n) is 2.69. The highest BCUT2D eigenvalue weighted by atomic mass is 16.5. The lowest BCUT2D eigenvalue weighted by atomic mass is 10.1. The summed E-state index contributed by atoms with van der Waals surface area (Å²) >= 11 is 0. The topological polar surface area (TPSA) is 133 Å². The molecule has 0 unspecified atom stereocenters. The van der Waals surface area contributed by atoms with Gasteiger partial charge in [-0.25, -0.2) is 14.8 Å². The molecule has 0 aliphatic rings. The minimum atomic E-state index is -0.458. The average molecular weight is 349 g/mol. The molecule has 25 heavy (non-hydrogen) atoms. The number of carbonyl (C=O) groups is 1. The van der Waals surface area contributed by atoms with Crippen LogP contribution in [0.5, 0.6) is 0 Å². The zero-order valence-electron chi connectivity index (χ0n) is 14.6. The van der Waals surface area contributed by atoms with Crippen LogP contribution in [-0.4, -0.2) is 65.3 Å². The summed E-state index contributed by atoms with van der Waals surface area (Å²) in [6.45, 7) is 3.59. The van der Waals surface area contributed by atoms with Crippen LogP contribution in [0.4, 0.5) is 0 Å². The number of ether oxygens (including phenoxy) is 1. The predicted molar refractivity (Wildman–Crippen MR) is 95.2 cm³/mol. The number of pyridine rings is 1. The van der Waals surface area contributed by atoms with Crippen molar-refractivity contribution in [3.63, 3.8) is 0 Å². The molecule has 0 aliphatic carbocycles. The second kappa shape index (κ2) is 12.4. The monoisotopic (exact) mass is 349 g/mol. The Balaban J connectivity index is 0.00000134. The van der Waals surface area contributed by atoms with Crippen molar-refractivity contribution in [2.45, 2.75) is 0 Å². The van der Waals surface area contributed by atoms with Gasteiger partial charge in [-0.15, -0.1) is 0 Å². The standard InChI is InChI=1S/C14H15N5O2.2CH4O/c1-4-16-12(15-2)10-7-9(14(20)21-3)8-11(19-10)13-17-5-6-18-13;2*1-2/h4-8H,1H2,2-3H3,(H,15,16)(H,17,18);2*2H,1H3. The number of nitrogens with one attached hydrogen (secondary N) is 2. The van der Waals surface area contributed by atoms with Crippen molar-refractivity contribution in [3.05, 3.63) is 48.6 Å².